The smallest absolute Gasteiger partial charge is 0.214 e. The van der Waals surface area contributed by atoms with E-state index in [1.165, 1.54) is 0 Å². The second-order valence-electron chi connectivity index (χ2n) is 5.67. The molecule has 0 atom stereocenters. The van der Waals surface area contributed by atoms with Crippen molar-refractivity contribution in [2.75, 3.05) is 31.9 Å². The molecule has 19 heavy (non-hydrogen) atoms. The molecule has 5 heteroatoms. The van der Waals surface area contributed by atoms with Crippen LogP contribution in [0.25, 0.3) is 0 Å². The fraction of sp³-hybridized carbons (Fsp3) is 1.00. The Bertz CT molecular complexity index is 350. The highest BCUT2D eigenvalue weighted by atomic mass is 32.2. The van der Waals surface area contributed by atoms with E-state index in [0.29, 0.717) is 5.75 Å². The summed E-state index contributed by atoms with van der Waals surface area (Å²) >= 11 is 0. The van der Waals surface area contributed by atoms with Crippen LogP contribution < -0.4 is 5.32 Å². The van der Waals surface area contributed by atoms with Crippen LogP contribution in [0.4, 0.5) is 0 Å². The first kappa shape index (κ1) is 16.9. The second kappa shape index (κ2) is 7.60. The molecule has 0 aliphatic carbocycles. The first-order chi connectivity index (χ1) is 8.99. The Hall–Kier alpha value is -0.130. The minimum Gasteiger partial charge on any atom is -0.317 e. The largest absolute Gasteiger partial charge is 0.317 e. The molecule has 0 unspecified atom stereocenters. The van der Waals surface area contributed by atoms with E-state index in [2.05, 4.69) is 26.1 Å². The maximum absolute atomic E-state index is 12.3. The van der Waals surface area contributed by atoms with Crippen LogP contribution >= 0.6 is 0 Å². The van der Waals surface area contributed by atoms with Crippen LogP contribution in [0, 0.1) is 5.41 Å². The van der Waals surface area contributed by atoms with E-state index in [1.807, 2.05) is 0 Å². The molecule has 0 saturated carbocycles. The van der Waals surface area contributed by atoms with Crippen molar-refractivity contribution in [1.82, 2.24) is 9.62 Å². The number of nitrogens with one attached hydrogen (secondary N) is 1. The summed E-state index contributed by atoms with van der Waals surface area (Å²) in [5, 5.41) is 3.23. The van der Waals surface area contributed by atoms with Crippen molar-refractivity contribution in [3.8, 4) is 0 Å². The summed E-state index contributed by atoms with van der Waals surface area (Å²) in [6.07, 6.45) is 4.88. The SMILES string of the molecule is CCNCCCCS(=O)(=O)N1CCC(CC)(CC)C1. The number of hydrogen-bond acceptors (Lipinski definition) is 3. The van der Waals surface area contributed by atoms with Crippen molar-refractivity contribution < 1.29 is 8.42 Å². The van der Waals surface area contributed by atoms with Gasteiger partial charge in [0.05, 0.1) is 5.75 Å². The third-order valence-corrected chi connectivity index (χ3v) is 6.46. The third kappa shape index (κ3) is 4.72. The fourth-order valence-corrected chi connectivity index (χ4v) is 4.47. The molecule has 1 rings (SSSR count). The Morgan fingerprint density at radius 1 is 1.16 bits per heavy atom. The van der Waals surface area contributed by atoms with E-state index in [1.54, 1.807) is 4.31 Å². The summed E-state index contributed by atoms with van der Waals surface area (Å²) < 4.78 is 26.3. The molecule has 0 aromatic heterocycles. The van der Waals surface area contributed by atoms with Gasteiger partial charge in [0.25, 0.3) is 0 Å². The van der Waals surface area contributed by atoms with Gasteiger partial charge in [0.1, 0.15) is 0 Å². The second-order valence-corrected chi connectivity index (χ2v) is 7.76. The Morgan fingerprint density at radius 3 is 2.37 bits per heavy atom. The van der Waals surface area contributed by atoms with Gasteiger partial charge in [0, 0.05) is 13.1 Å². The monoisotopic (exact) mass is 290 g/mol. The Labute approximate surface area is 119 Å². The zero-order chi connectivity index (χ0) is 14.4. The summed E-state index contributed by atoms with van der Waals surface area (Å²) in [4.78, 5) is 0. The molecule has 0 bridgehead atoms. The van der Waals surface area contributed by atoms with Crippen molar-refractivity contribution in [2.45, 2.75) is 52.9 Å². The predicted octanol–water partition coefficient (Wildman–Crippen LogP) is 2.22. The van der Waals surface area contributed by atoms with E-state index in [0.717, 1.165) is 58.3 Å². The van der Waals surface area contributed by atoms with Gasteiger partial charge >= 0.3 is 0 Å². The zero-order valence-corrected chi connectivity index (χ0v) is 13.6. The minimum atomic E-state index is -3.03. The molecule has 1 heterocycles. The topological polar surface area (TPSA) is 49.4 Å². The average Bonchev–Trinajstić information content (AvgIpc) is 2.84. The summed E-state index contributed by atoms with van der Waals surface area (Å²) in [7, 11) is -3.03. The highest BCUT2D eigenvalue weighted by Crippen LogP contribution is 2.38. The molecule has 1 aliphatic heterocycles. The van der Waals surface area contributed by atoms with Crippen LogP contribution in [0.15, 0.2) is 0 Å². The first-order valence-corrected chi connectivity index (χ1v) is 9.29. The van der Waals surface area contributed by atoms with Gasteiger partial charge in [0.15, 0.2) is 0 Å². The van der Waals surface area contributed by atoms with Gasteiger partial charge in [-0.2, -0.15) is 0 Å². The highest BCUT2D eigenvalue weighted by molar-refractivity contribution is 7.89. The summed E-state index contributed by atoms with van der Waals surface area (Å²) in [6, 6.07) is 0. The summed E-state index contributed by atoms with van der Waals surface area (Å²) in [5.74, 6) is 0.307. The van der Waals surface area contributed by atoms with Crippen molar-refractivity contribution in [3.05, 3.63) is 0 Å². The molecule has 0 radical (unpaired) electrons. The van der Waals surface area contributed by atoms with Crippen LogP contribution in [0.3, 0.4) is 0 Å². The summed E-state index contributed by atoms with van der Waals surface area (Å²) in [6.45, 7) is 9.74. The molecule has 0 amide bonds. The van der Waals surface area contributed by atoms with Crippen LogP contribution in [-0.4, -0.2) is 44.7 Å². The number of unbranched alkanes of at least 4 members (excludes halogenated alkanes) is 1. The molecule has 1 N–H and O–H groups in total. The van der Waals surface area contributed by atoms with E-state index in [4.69, 9.17) is 0 Å². The molecule has 0 spiro atoms. The lowest BCUT2D eigenvalue weighted by Crippen LogP contribution is -2.33. The number of hydrogen-bond donors (Lipinski definition) is 1. The average molecular weight is 290 g/mol. The van der Waals surface area contributed by atoms with Gasteiger partial charge in [-0.25, -0.2) is 12.7 Å². The number of nitrogens with zero attached hydrogens (tertiary/aromatic N) is 1. The van der Waals surface area contributed by atoms with Gasteiger partial charge in [-0.15, -0.1) is 0 Å². The lowest BCUT2D eigenvalue weighted by molar-refractivity contribution is 0.279. The van der Waals surface area contributed by atoms with Crippen molar-refractivity contribution >= 4 is 10.0 Å². The van der Waals surface area contributed by atoms with Crippen LogP contribution in [0.5, 0.6) is 0 Å². The maximum Gasteiger partial charge on any atom is 0.214 e. The lowest BCUT2D eigenvalue weighted by atomic mass is 9.82. The fourth-order valence-electron chi connectivity index (χ4n) is 2.80. The lowest BCUT2D eigenvalue weighted by Gasteiger charge is -2.26. The van der Waals surface area contributed by atoms with Gasteiger partial charge in [-0.3, -0.25) is 0 Å². The van der Waals surface area contributed by atoms with E-state index >= 15 is 0 Å². The molecule has 1 fully saturated rings. The van der Waals surface area contributed by atoms with Crippen molar-refractivity contribution in [1.29, 1.82) is 0 Å². The van der Waals surface area contributed by atoms with Crippen LogP contribution in [-0.2, 0) is 10.0 Å². The standard InChI is InChI=1S/C14H30N2O2S/c1-4-14(5-2)9-11-16(13-14)19(17,18)12-8-7-10-15-6-3/h15H,4-13H2,1-3H3. The minimum absolute atomic E-state index is 0.233. The maximum atomic E-state index is 12.3. The Kier molecular flexibility index (Phi) is 6.77. The molecule has 1 aliphatic rings. The number of sulfonamides is 1. The molecule has 0 aromatic carbocycles. The van der Waals surface area contributed by atoms with Crippen molar-refractivity contribution in [3.63, 3.8) is 0 Å². The zero-order valence-electron chi connectivity index (χ0n) is 12.7. The molecular formula is C14H30N2O2S. The van der Waals surface area contributed by atoms with E-state index < -0.39 is 10.0 Å². The molecule has 114 valence electrons. The molecule has 1 saturated heterocycles. The highest BCUT2D eigenvalue weighted by Gasteiger charge is 2.39. The Morgan fingerprint density at radius 2 is 1.84 bits per heavy atom. The summed E-state index contributed by atoms with van der Waals surface area (Å²) in [5.41, 5.74) is 0.233. The van der Waals surface area contributed by atoms with Crippen LogP contribution in [0.2, 0.25) is 0 Å². The van der Waals surface area contributed by atoms with Crippen molar-refractivity contribution in [2.24, 2.45) is 5.41 Å². The Balaban J connectivity index is 2.42. The first-order valence-electron chi connectivity index (χ1n) is 7.68. The van der Waals surface area contributed by atoms with E-state index in [-0.39, 0.29) is 5.41 Å². The normalized spacial score (nSPS) is 19.9. The third-order valence-electron chi connectivity index (χ3n) is 4.55. The molecular weight excluding hydrogens is 260 g/mol. The molecule has 0 aromatic rings. The van der Waals surface area contributed by atoms with Gasteiger partial charge in [-0.1, -0.05) is 20.8 Å². The van der Waals surface area contributed by atoms with Crippen LogP contribution in [0.1, 0.15) is 52.9 Å². The quantitative estimate of drug-likeness (QED) is 0.662. The number of rotatable bonds is 9. The predicted molar refractivity (Wildman–Crippen MR) is 80.8 cm³/mol. The molecule has 4 nitrogen and oxygen atoms in total. The van der Waals surface area contributed by atoms with E-state index in [9.17, 15) is 8.42 Å². The van der Waals surface area contributed by atoms with Gasteiger partial charge in [0.2, 0.25) is 10.0 Å². The van der Waals surface area contributed by atoms with Gasteiger partial charge in [-0.05, 0) is 50.6 Å². The van der Waals surface area contributed by atoms with Gasteiger partial charge < -0.3 is 5.32 Å².